The van der Waals surface area contributed by atoms with Gasteiger partial charge in [-0.15, -0.1) is 0 Å². The van der Waals surface area contributed by atoms with E-state index in [1.807, 2.05) is 0 Å². The van der Waals surface area contributed by atoms with Gasteiger partial charge in [-0.05, 0) is 20.3 Å². The Kier molecular flexibility index (Phi) is 5.80. The van der Waals surface area contributed by atoms with Crippen LogP contribution in [-0.2, 0) is 0 Å². The summed E-state index contributed by atoms with van der Waals surface area (Å²) in [5.74, 6) is 0.153. The highest BCUT2D eigenvalue weighted by atomic mass is 16.6. The second-order valence-corrected chi connectivity index (χ2v) is 4.74. The number of ketones is 1. The molecule has 19 heavy (non-hydrogen) atoms. The van der Waals surface area contributed by atoms with Crippen molar-refractivity contribution in [1.29, 1.82) is 0 Å². The van der Waals surface area contributed by atoms with Gasteiger partial charge < -0.3 is 9.15 Å². The minimum absolute atomic E-state index is 0.121. The number of Topliss-reactive ketones (excluding diaryl/α,β-unsaturated/α-hetero) is 1. The molecule has 0 unspecified atom stereocenters. The molecule has 4 heteroatoms. The Morgan fingerprint density at radius 1 is 1.16 bits per heavy atom. The van der Waals surface area contributed by atoms with Gasteiger partial charge in [0.05, 0.1) is 12.7 Å². The molecule has 0 atom stereocenters. The molecule has 106 valence electrons. The number of rotatable bonds is 7. The van der Waals surface area contributed by atoms with Crippen LogP contribution in [0.1, 0.15) is 60.7 Å². The van der Waals surface area contributed by atoms with Gasteiger partial charge in [0, 0.05) is 12.0 Å². The zero-order chi connectivity index (χ0) is 14.4. The van der Waals surface area contributed by atoms with Crippen molar-refractivity contribution in [3.05, 3.63) is 27.1 Å². The van der Waals surface area contributed by atoms with Crippen molar-refractivity contribution in [2.45, 2.75) is 52.9 Å². The van der Waals surface area contributed by atoms with E-state index in [0.717, 1.165) is 25.7 Å². The second kappa shape index (κ2) is 7.12. The third kappa shape index (κ3) is 3.69. The van der Waals surface area contributed by atoms with E-state index in [2.05, 4.69) is 6.92 Å². The maximum absolute atomic E-state index is 12.1. The Labute approximate surface area is 113 Å². The number of unbranched alkanes of at least 4 members (excludes halogenated alkanes) is 3. The number of carbonyl (C=O) groups excluding carboxylic acids is 1. The van der Waals surface area contributed by atoms with Crippen LogP contribution in [0.2, 0.25) is 0 Å². The molecule has 0 aliphatic heterocycles. The third-order valence-corrected chi connectivity index (χ3v) is 3.22. The van der Waals surface area contributed by atoms with E-state index in [0.29, 0.717) is 17.5 Å². The molecule has 4 nitrogen and oxygen atoms in total. The van der Waals surface area contributed by atoms with Gasteiger partial charge in [-0.1, -0.05) is 26.2 Å². The molecule has 0 aliphatic carbocycles. The van der Waals surface area contributed by atoms with Crippen molar-refractivity contribution >= 4 is 5.78 Å². The van der Waals surface area contributed by atoms with Crippen molar-refractivity contribution in [3.8, 4) is 5.95 Å². The fraction of sp³-hybridized carbons (Fsp3) is 0.600. The summed E-state index contributed by atoms with van der Waals surface area (Å²) in [6.07, 6.45) is 4.50. The fourth-order valence-corrected chi connectivity index (χ4v) is 2.01. The monoisotopic (exact) mass is 266 g/mol. The highest BCUT2D eigenvalue weighted by molar-refractivity contribution is 5.94. The first kappa shape index (κ1) is 15.5. The number of methoxy groups -OCH3 is 1. The average molecular weight is 266 g/mol. The molecule has 0 N–H and O–H groups in total. The van der Waals surface area contributed by atoms with Crippen LogP contribution in [-0.4, -0.2) is 12.9 Å². The van der Waals surface area contributed by atoms with Crippen LogP contribution < -0.4 is 10.2 Å². The number of hydrogen-bond donors (Lipinski definition) is 0. The summed E-state index contributed by atoms with van der Waals surface area (Å²) in [5.41, 5.74) is 0.598. The van der Waals surface area contributed by atoms with E-state index < -0.39 is 0 Å². The van der Waals surface area contributed by atoms with Crippen LogP contribution in [0.4, 0.5) is 0 Å². The van der Waals surface area contributed by atoms with Gasteiger partial charge in [0.25, 0.3) is 5.95 Å². The first-order valence-electron chi connectivity index (χ1n) is 6.74. The normalized spacial score (nSPS) is 10.5. The molecule has 0 saturated carbocycles. The average Bonchev–Trinajstić information content (AvgIpc) is 2.41. The van der Waals surface area contributed by atoms with Crippen LogP contribution in [0.3, 0.4) is 0 Å². The molecule has 0 saturated heterocycles. The molecule has 0 spiro atoms. The number of hydrogen-bond acceptors (Lipinski definition) is 4. The van der Waals surface area contributed by atoms with Gasteiger partial charge in [0.15, 0.2) is 17.0 Å². The van der Waals surface area contributed by atoms with Gasteiger partial charge in [-0.2, -0.15) is 0 Å². The quantitative estimate of drug-likeness (QED) is 0.560. The van der Waals surface area contributed by atoms with Gasteiger partial charge >= 0.3 is 0 Å². The Morgan fingerprint density at radius 2 is 1.84 bits per heavy atom. The van der Waals surface area contributed by atoms with E-state index in [4.69, 9.17) is 9.15 Å². The first-order chi connectivity index (χ1) is 9.02. The van der Waals surface area contributed by atoms with E-state index in [9.17, 15) is 9.59 Å². The molecule has 0 radical (unpaired) electrons. The predicted molar refractivity (Wildman–Crippen MR) is 74.1 cm³/mol. The lowest BCUT2D eigenvalue weighted by Gasteiger charge is -2.08. The minimum atomic E-state index is -0.181. The molecule has 1 rings (SSSR count). The van der Waals surface area contributed by atoms with Crippen LogP contribution in [0.5, 0.6) is 5.95 Å². The van der Waals surface area contributed by atoms with Crippen molar-refractivity contribution in [2.24, 2.45) is 0 Å². The van der Waals surface area contributed by atoms with Crippen molar-refractivity contribution in [3.63, 3.8) is 0 Å². The standard InChI is InChI=1S/C15H22O4/c1-5-6-7-8-9-12(16)14-10(2)13(17)11(3)15(18-4)19-14/h5-9H2,1-4H3. The summed E-state index contributed by atoms with van der Waals surface area (Å²) < 4.78 is 10.4. The maximum Gasteiger partial charge on any atom is 0.291 e. The number of carbonyl (C=O) groups is 1. The summed E-state index contributed by atoms with van der Waals surface area (Å²) in [4.78, 5) is 24.0. The molecule has 0 aromatic carbocycles. The molecule has 1 heterocycles. The highest BCUT2D eigenvalue weighted by Crippen LogP contribution is 2.20. The summed E-state index contributed by atoms with van der Waals surface area (Å²) in [5, 5.41) is 0. The van der Waals surface area contributed by atoms with Gasteiger partial charge in [-0.3, -0.25) is 9.59 Å². The van der Waals surface area contributed by atoms with Crippen molar-refractivity contribution < 1.29 is 13.9 Å². The van der Waals surface area contributed by atoms with E-state index >= 15 is 0 Å². The van der Waals surface area contributed by atoms with Crippen molar-refractivity contribution in [2.75, 3.05) is 7.11 Å². The molecular weight excluding hydrogens is 244 g/mol. The zero-order valence-corrected chi connectivity index (χ0v) is 12.2. The Balaban J connectivity index is 2.91. The summed E-state index contributed by atoms with van der Waals surface area (Å²) >= 11 is 0. The predicted octanol–water partition coefficient (Wildman–Crippen LogP) is 3.42. The zero-order valence-electron chi connectivity index (χ0n) is 12.2. The highest BCUT2D eigenvalue weighted by Gasteiger charge is 2.19. The third-order valence-electron chi connectivity index (χ3n) is 3.22. The topological polar surface area (TPSA) is 56.5 Å². The largest absolute Gasteiger partial charge is 0.468 e. The van der Waals surface area contributed by atoms with Crippen LogP contribution >= 0.6 is 0 Å². The smallest absolute Gasteiger partial charge is 0.291 e. The molecule has 0 amide bonds. The fourth-order valence-electron chi connectivity index (χ4n) is 2.01. The van der Waals surface area contributed by atoms with Crippen molar-refractivity contribution in [1.82, 2.24) is 0 Å². The van der Waals surface area contributed by atoms with Gasteiger partial charge in [0.1, 0.15) is 0 Å². The number of ether oxygens (including phenoxy) is 1. The van der Waals surface area contributed by atoms with E-state index in [1.54, 1.807) is 13.8 Å². The van der Waals surface area contributed by atoms with Crippen LogP contribution in [0, 0.1) is 13.8 Å². The minimum Gasteiger partial charge on any atom is -0.468 e. The lowest BCUT2D eigenvalue weighted by molar-refractivity contribution is 0.0940. The lowest BCUT2D eigenvalue weighted by atomic mass is 10.0. The molecule has 1 aromatic rings. The summed E-state index contributed by atoms with van der Waals surface area (Å²) in [6, 6.07) is 0. The van der Waals surface area contributed by atoms with Gasteiger partial charge in [0.2, 0.25) is 0 Å². The molecule has 0 fully saturated rings. The molecular formula is C15H22O4. The van der Waals surface area contributed by atoms with Gasteiger partial charge in [-0.25, -0.2) is 0 Å². The van der Waals surface area contributed by atoms with E-state index in [1.165, 1.54) is 7.11 Å². The molecule has 0 aliphatic rings. The maximum atomic E-state index is 12.1. The first-order valence-corrected chi connectivity index (χ1v) is 6.74. The second-order valence-electron chi connectivity index (χ2n) is 4.74. The van der Waals surface area contributed by atoms with Crippen LogP contribution in [0.25, 0.3) is 0 Å². The summed E-state index contributed by atoms with van der Waals surface area (Å²) in [6.45, 7) is 5.38. The SMILES string of the molecule is CCCCCCC(=O)c1oc(OC)c(C)c(=O)c1C. The lowest BCUT2D eigenvalue weighted by Crippen LogP contribution is -2.16. The Bertz CT molecular complexity index is 500. The Morgan fingerprint density at radius 3 is 2.42 bits per heavy atom. The summed E-state index contributed by atoms with van der Waals surface area (Å²) in [7, 11) is 1.43. The van der Waals surface area contributed by atoms with Crippen LogP contribution in [0.15, 0.2) is 9.21 Å². The van der Waals surface area contributed by atoms with E-state index in [-0.39, 0.29) is 22.9 Å². The molecule has 1 aromatic heterocycles. The Hall–Kier alpha value is -1.58. The molecule has 0 bridgehead atoms.